The van der Waals surface area contributed by atoms with E-state index in [4.69, 9.17) is 14.0 Å². The second-order valence-electron chi connectivity index (χ2n) is 8.06. The van der Waals surface area contributed by atoms with E-state index in [1.165, 1.54) is 4.90 Å². The minimum atomic E-state index is -6.26. The number of alkyl halides is 4. The smallest absolute Gasteiger partial charge is 0.431 e. The van der Waals surface area contributed by atoms with E-state index < -0.39 is 57.7 Å². The van der Waals surface area contributed by atoms with Crippen molar-refractivity contribution in [3.8, 4) is 0 Å². The lowest BCUT2D eigenvalue weighted by Gasteiger charge is -2.32. The predicted octanol–water partition coefficient (Wildman–Crippen LogP) is 3.46. The molecule has 13 heteroatoms. The first kappa shape index (κ1) is 26.4. The van der Waals surface area contributed by atoms with Crippen LogP contribution in [0.5, 0.6) is 0 Å². The highest BCUT2D eigenvalue weighted by Gasteiger charge is 2.64. The summed E-state index contributed by atoms with van der Waals surface area (Å²) < 4.78 is 92.1. The zero-order valence-corrected chi connectivity index (χ0v) is 17.8. The number of amides is 1. The standard InChI is InChI=1S/C17H27F4NO7S/c1-15(2,3)29-14(24)22-9-6-12(7-10-22)13(23)28-11-5-4-8-16(18,19)17(20,21)30(25,26)27/h12H,4-11H2,1-3H3,(H,25,26,27). The summed E-state index contributed by atoms with van der Waals surface area (Å²) in [4.78, 5) is 25.4. The number of hydrogen-bond acceptors (Lipinski definition) is 6. The second kappa shape index (κ2) is 9.67. The van der Waals surface area contributed by atoms with Gasteiger partial charge in [-0.25, -0.2) is 4.79 Å². The summed E-state index contributed by atoms with van der Waals surface area (Å²) in [6.07, 6.45) is -2.08. The Morgan fingerprint density at radius 1 is 1.07 bits per heavy atom. The van der Waals surface area contributed by atoms with Gasteiger partial charge in [0.2, 0.25) is 0 Å². The third-order valence-corrected chi connectivity index (χ3v) is 5.31. The lowest BCUT2D eigenvalue weighted by atomic mass is 9.97. The Morgan fingerprint density at radius 2 is 1.60 bits per heavy atom. The molecule has 176 valence electrons. The quantitative estimate of drug-likeness (QED) is 0.253. The third kappa shape index (κ3) is 7.25. The van der Waals surface area contributed by atoms with Crippen LogP contribution in [0, 0.1) is 5.92 Å². The number of esters is 1. The van der Waals surface area contributed by atoms with Gasteiger partial charge in [0, 0.05) is 19.5 Å². The maximum absolute atomic E-state index is 13.3. The molecule has 0 bridgehead atoms. The Balaban J connectivity index is 2.34. The average molecular weight is 465 g/mol. The van der Waals surface area contributed by atoms with Gasteiger partial charge < -0.3 is 14.4 Å². The van der Waals surface area contributed by atoms with Crippen molar-refractivity contribution in [2.75, 3.05) is 19.7 Å². The summed E-state index contributed by atoms with van der Waals surface area (Å²) in [6.45, 7) is 5.45. The average Bonchev–Trinajstić information content (AvgIpc) is 2.58. The molecule has 30 heavy (non-hydrogen) atoms. The van der Waals surface area contributed by atoms with Crippen molar-refractivity contribution >= 4 is 22.2 Å². The molecular formula is C17H27F4NO7S. The molecule has 1 amide bonds. The molecule has 0 aliphatic carbocycles. The summed E-state index contributed by atoms with van der Waals surface area (Å²) in [7, 11) is -6.26. The number of halogens is 4. The lowest BCUT2D eigenvalue weighted by molar-refractivity contribution is -0.165. The molecule has 1 N–H and O–H groups in total. The first-order valence-electron chi connectivity index (χ1n) is 9.35. The van der Waals surface area contributed by atoms with Gasteiger partial charge in [0.15, 0.2) is 0 Å². The Morgan fingerprint density at radius 3 is 2.07 bits per heavy atom. The highest BCUT2D eigenvalue weighted by Crippen LogP contribution is 2.41. The van der Waals surface area contributed by atoms with E-state index in [2.05, 4.69) is 0 Å². The van der Waals surface area contributed by atoms with Crippen LogP contribution in [0.2, 0.25) is 0 Å². The number of hydrogen-bond donors (Lipinski definition) is 1. The van der Waals surface area contributed by atoms with Crippen LogP contribution in [0.15, 0.2) is 0 Å². The highest BCUT2D eigenvalue weighted by atomic mass is 32.2. The number of rotatable bonds is 8. The van der Waals surface area contributed by atoms with Crippen molar-refractivity contribution in [3.63, 3.8) is 0 Å². The van der Waals surface area contributed by atoms with Crippen LogP contribution in [0.1, 0.15) is 52.9 Å². The van der Waals surface area contributed by atoms with Crippen LogP contribution in [-0.4, -0.2) is 66.4 Å². The molecule has 8 nitrogen and oxygen atoms in total. The third-order valence-electron chi connectivity index (χ3n) is 4.36. The number of carbonyl (C=O) groups is 2. The fourth-order valence-electron chi connectivity index (χ4n) is 2.70. The van der Waals surface area contributed by atoms with Crippen LogP contribution in [0.3, 0.4) is 0 Å². The number of likely N-dealkylation sites (tertiary alicyclic amines) is 1. The maximum atomic E-state index is 13.3. The van der Waals surface area contributed by atoms with E-state index in [9.17, 15) is 35.6 Å². The van der Waals surface area contributed by atoms with Gasteiger partial charge in [0.25, 0.3) is 0 Å². The van der Waals surface area contributed by atoms with Crippen LogP contribution >= 0.6 is 0 Å². The SMILES string of the molecule is CC(C)(C)OC(=O)N1CCC(C(=O)OCCCCC(F)(F)C(F)(F)S(=O)(=O)O)CC1. The predicted molar refractivity (Wildman–Crippen MR) is 96.8 cm³/mol. The number of piperidine rings is 1. The number of ether oxygens (including phenoxy) is 2. The monoisotopic (exact) mass is 465 g/mol. The molecule has 0 spiro atoms. The molecule has 1 aliphatic heterocycles. The minimum Gasteiger partial charge on any atom is -0.465 e. The van der Waals surface area contributed by atoms with E-state index in [1.54, 1.807) is 20.8 Å². The second-order valence-corrected chi connectivity index (χ2v) is 9.53. The van der Waals surface area contributed by atoms with Crippen LogP contribution in [0.25, 0.3) is 0 Å². The molecule has 1 fully saturated rings. The van der Waals surface area contributed by atoms with Crippen molar-refractivity contribution in [3.05, 3.63) is 0 Å². The summed E-state index contributed by atoms with van der Waals surface area (Å²) in [5.74, 6) is -6.04. The van der Waals surface area contributed by atoms with Gasteiger partial charge >= 0.3 is 33.4 Å². The van der Waals surface area contributed by atoms with Gasteiger partial charge in [-0.05, 0) is 46.5 Å². The summed E-state index contributed by atoms with van der Waals surface area (Å²) >= 11 is 0. The molecule has 0 atom stereocenters. The zero-order valence-electron chi connectivity index (χ0n) is 17.0. The molecule has 0 aromatic rings. The molecule has 0 saturated carbocycles. The van der Waals surface area contributed by atoms with E-state index >= 15 is 0 Å². The van der Waals surface area contributed by atoms with Gasteiger partial charge in [-0.1, -0.05) is 0 Å². The van der Waals surface area contributed by atoms with Crippen molar-refractivity contribution < 1.29 is 49.6 Å². The molecule has 1 heterocycles. The Bertz CT molecular complexity index is 714. The molecule has 1 rings (SSSR count). The molecule has 1 saturated heterocycles. The van der Waals surface area contributed by atoms with E-state index in [1.807, 2.05) is 0 Å². The molecule has 1 aliphatic rings. The first-order chi connectivity index (χ1) is 13.5. The normalized spacial score (nSPS) is 17.0. The Kier molecular flexibility index (Phi) is 8.51. The fraction of sp³-hybridized carbons (Fsp3) is 0.882. The van der Waals surface area contributed by atoms with Crippen molar-refractivity contribution in [1.29, 1.82) is 0 Å². The summed E-state index contributed by atoms with van der Waals surface area (Å²) in [6, 6.07) is 0. The topological polar surface area (TPSA) is 110 Å². The van der Waals surface area contributed by atoms with E-state index in [0.717, 1.165) is 0 Å². The molecule has 0 radical (unpaired) electrons. The number of unbranched alkanes of at least 4 members (excludes halogenated alkanes) is 1. The Labute approximate surface area is 172 Å². The van der Waals surface area contributed by atoms with Crippen molar-refractivity contribution in [2.24, 2.45) is 5.92 Å². The fourth-order valence-corrected chi connectivity index (χ4v) is 3.18. The summed E-state index contributed by atoms with van der Waals surface area (Å²) in [5.41, 5.74) is -0.644. The zero-order chi connectivity index (χ0) is 23.4. The van der Waals surface area contributed by atoms with Gasteiger partial charge in [0.05, 0.1) is 12.5 Å². The van der Waals surface area contributed by atoms with Gasteiger partial charge in [0.1, 0.15) is 5.60 Å². The van der Waals surface area contributed by atoms with E-state index in [0.29, 0.717) is 12.8 Å². The molecule has 0 aromatic heterocycles. The van der Waals surface area contributed by atoms with Gasteiger partial charge in [-0.15, -0.1) is 0 Å². The maximum Gasteiger partial charge on any atom is 0.431 e. The van der Waals surface area contributed by atoms with Gasteiger partial charge in [-0.2, -0.15) is 26.0 Å². The largest absolute Gasteiger partial charge is 0.465 e. The first-order valence-corrected chi connectivity index (χ1v) is 10.8. The number of carbonyl (C=O) groups excluding carboxylic acids is 2. The molecule has 0 aromatic carbocycles. The summed E-state index contributed by atoms with van der Waals surface area (Å²) in [5, 5.41) is -5.60. The van der Waals surface area contributed by atoms with Crippen LogP contribution in [-0.2, 0) is 24.4 Å². The van der Waals surface area contributed by atoms with Gasteiger partial charge in [-0.3, -0.25) is 9.35 Å². The van der Waals surface area contributed by atoms with Crippen molar-refractivity contribution in [1.82, 2.24) is 4.90 Å². The minimum absolute atomic E-state index is 0.195. The number of nitrogens with zero attached hydrogens (tertiary/aromatic N) is 1. The molecular weight excluding hydrogens is 438 g/mol. The lowest BCUT2D eigenvalue weighted by Crippen LogP contribution is -2.46. The van der Waals surface area contributed by atoms with Crippen molar-refractivity contribution in [2.45, 2.75) is 69.7 Å². The molecule has 0 unspecified atom stereocenters. The van der Waals surface area contributed by atoms with E-state index in [-0.39, 0.29) is 26.1 Å². The Hall–Kier alpha value is -1.63. The van der Waals surface area contributed by atoms with Crippen LogP contribution in [0.4, 0.5) is 22.4 Å². The van der Waals surface area contributed by atoms with Crippen LogP contribution < -0.4 is 0 Å². The highest BCUT2D eigenvalue weighted by molar-refractivity contribution is 7.87.